The maximum absolute atomic E-state index is 13.3. The lowest BCUT2D eigenvalue weighted by Crippen LogP contribution is -2.31. The number of rotatable bonds is 3. The van der Waals surface area contributed by atoms with Crippen molar-refractivity contribution in [3.63, 3.8) is 0 Å². The van der Waals surface area contributed by atoms with Crippen LogP contribution in [0, 0.1) is 23.6 Å². The zero-order chi connectivity index (χ0) is 15.2. The van der Waals surface area contributed by atoms with E-state index in [9.17, 15) is 9.18 Å². The van der Waals surface area contributed by atoms with E-state index >= 15 is 0 Å². The zero-order valence-electron chi connectivity index (χ0n) is 12.0. The molecule has 1 amide bonds. The summed E-state index contributed by atoms with van der Waals surface area (Å²) in [6.45, 7) is 2.27. The van der Waals surface area contributed by atoms with Crippen molar-refractivity contribution in [3.8, 4) is 11.8 Å². The van der Waals surface area contributed by atoms with Crippen molar-refractivity contribution in [2.24, 2.45) is 5.92 Å². The Bertz CT molecular complexity index is 577. The summed E-state index contributed by atoms with van der Waals surface area (Å²) in [4.78, 5) is 14.4. The number of aliphatic hydroxyl groups excluding tert-OH is 1. The lowest BCUT2D eigenvalue weighted by atomic mass is 10.1. The third-order valence-electron chi connectivity index (χ3n) is 3.57. The van der Waals surface area contributed by atoms with Gasteiger partial charge in [0.2, 0.25) is 0 Å². The van der Waals surface area contributed by atoms with Gasteiger partial charge < -0.3 is 15.3 Å². The number of likely N-dealkylation sites (tertiary alicyclic amines) is 1. The molecule has 0 radical (unpaired) electrons. The van der Waals surface area contributed by atoms with Crippen LogP contribution in [0.4, 0.5) is 4.39 Å². The number of aliphatic hydroxyl groups is 1. The molecule has 21 heavy (non-hydrogen) atoms. The van der Waals surface area contributed by atoms with E-state index < -0.39 is 5.82 Å². The Balaban J connectivity index is 2.05. The Morgan fingerprint density at radius 3 is 3.05 bits per heavy atom. The number of hydrogen-bond acceptors (Lipinski definition) is 3. The highest BCUT2D eigenvalue weighted by Gasteiger charge is 2.20. The average molecular weight is 290 g/mol. The number of carbonyl (C=O) groups excluding carboxylic acids is 1. The summed E-state index contributed by atoms with van der Waals surface area (Å²) in [5.41, 5.74) is 0.633. The predicted octanol–water partition coefficient (Wildman–Crippen LogP) is 0.851. The van der Waals surface area contributed by atoms with Gasteiger partial charge in [-0.05, 0) is 44.1 Å². The molecule has 1 heterocycles. The van der Waals surface area contributed by atoms with Gasteiger partial charge in [-0.25, -0.2) is 4.39 Å². The molecule has 112 valence electrons. The molecule has 1 aromatic rings. The number of amides is 1. The van der Waals surface area contributed by atoms with Crippen LogP contribution in [0.25, 0.3) is 0 Å². The second kappa shape index (κ2) is 7.21. The van der Waals surface area contributed by atoms with Crippen LogP contribution in [0.15, 0.2) is 18.2 Å². The molecule has 1 atom stereocenters. The Kier molecular flexibility index (Phi) is 5.32. The first kappa shape index (κ1) is 15.5. The van der Waals surface area contributed by atoms with Crippen molar-refractivity contribution in [2.45, 2.75) is 6.42 Å². The third kappa shape index (κ3) is 4.28. The summed E-state index contributed by atoms with van der Waals surface area (Å²) in [5.74, 6) is 4.78. The minimum Gasteiger partial charge on any atom is -0.384 e. The topological polar surface area (TPSA) is 52.6 Å². The van der Waals surface area contributed by atoms with Crippen LogP contribution in [-0.2, 0) is 0 Å². The van der Waals surface area contributed by atoms with E-state index in [0.717, 1.165) is 19.5 Å². The van der Waals surface area contributed by atoms with Gasteiger partial charge in [-0.2, -0.15) is 0 Å². The molecule has 0 spiro atoms. The number of nitrogens with one attached hydrogen (secondary N) is 1. The Hall–Kier alpha value is -1.90. The maximum atomic E-state index is 13.3. The molecule has 1 fully saturated rings. The van der Waals surface area contributed by atoms with Crippen molar-refractivity contribution in [1.29, 1.82) is 0 Å². The van der Waals surface area contributed by atoms with Crippen molar-refractivity contribution >= 4 is 5.91 Å². The van der Waals surface area contributed by atoms with E-state index in [0.29, 0.717) is 18.0 Å². The normalized spacial score (nSPS) is 18.1. The Morgan fingerprint density at radius 1 is 1.57 bits per heavy atom. The summed E-state index contributed by atoms with van der Waals surface area (Å²) in [5, 5.41) is 11.6. The minimum absolute atomic E-state index is 0.210. The summed E-state index contributed by atoms with van der Waals surface area (Å²) in [6.07, 6.45) is 1.05. The highest BCUT2D eigenvalue weighted by molar-refractivity contribution is 5.96. The first-order valence-electron chi connectivity index (χ1n) is 6.96. The van der Waals surface area contributed by atoms with Gasteiger partial charge in [0.15, 0.2) is 0 Å². The first-order chi connectivity index (χ1) is 10.1. The molecule has 1 aromatic carbocycles. The smallest absolute Gasteiger partial charge is 0.252 e. The molecular formula is C16H19FN2O2. The standard InChI is InChI=1S/C16H19FN2O2/c1-19-7-6-12(11-19)10-18-16(21)15-9-14(17)5-4-13(15)3-2-8-20/h4-5,9,12,20H,6-8,10-11H2,1H3,(H,18,21). The van der Waals surface area contributed by atoms with E-state index in [1.807, 2.05) is 0 Å². The molecule has 0 saturated carbocycles. The Labute approximate surface area is 124 Å². The molecular weight excluding hydrogens is 271 g/mol. The van der Waals surface area contributed by atoms with Gasteiger partial charge in [0.1, 0.15) is 12.4 Å². The van der Waals surface area contributed by atoms with Gasteiger partial charge in [0, 0.05) is 18.7 Å². The molecule has 0 aromatic heterocycles. The lowest BCUT2D eigenvalue weighted by molar-refractivity contribution is 0.0947. The zero-order valence-corrected chi connectivity index (χ0v) is 12.0. The molecule has 5 heteroatoms. The molecule has 4 nitrogen and oxygen atoms in total. The van der Waals surface area contributed by atoms with Crippen LogP contribution in [-0.4, -0.2) is 49.2 Å². The van der Waals surface area contributed by atoms with Gasteiger partial charge in [0.25, 0.3) is 5.91 Å². The van der Waals surface area contributed by atoms with E-state index in [-0.39, 0.29) is 18.1 Å². The summed E-state index contributed by atoms with van der Waals surface area (Å²) >= 11 is 0. The van der Waals surface area contributed by atoms with E-state index in [4.69, 9.17) is 5.11 Å². The van der Waals surface area contributed by atoms with E-state index in [1.165, 1.54) is 18.2 Å². The quantitative estimate of drug-likeness (QED) is 0.812. The molecule has 2 N–H and O–H groups in total. The fourth-order valence-electron chi connectivity index (χ4n) is 2.47. The van der Waals surface area contributed by atoms with E-state index in [2.05, 4.69) is 29.1 Å². The van der Waals surface area contributed by atoms with Crippen molar-refractivity contribution < 1.29 is 14.3 Å². The molecule has 1 aliphatic rings. The van der Waals surface area contributed by atoms with Crippen LogP contribution >= 0.6 is 0 Å². The van der Waals surface area contributed by atoms with Crippen LogP contribution in [0.2, 0.25) is 0 Å². The van der Waals surface area contributed by atoms with Crippen LogP contribution in [0.3, 0.4) is 0 Å². The van der Waals surface area contributed by atoms with Crippen LogP contribution < -0.4 is 5.32 Å². The van der Waals surface area contributed by atoms with Crippen LogP contribution in [0.5, 0.6) is 0 Å². The SMILES string of the molecule is CN1CCC(CNC(=O)c2cc(F)ccc2C#CCO)C1. The van der Waals surface area contributed by atoms with Crippen molar-refractivity contribution in [1.82, 2.24) is 10.2 Å². The monoisotopic (exact) mass is 290 g/mol. The molecule has 1 aliphatic heterocycles. The number of halogens is 1. The van der Waals surface area contributed by atoms with Crippen molar-refractivity contribution in [3.05, 3.63) is 35.1 Å². The highest BCUT2D eigenvalue weighted by atomic mass is 19.1. The van der Waals surface area contributed by atoms with Gasteiger partial charge >= 0.3 is 0 Å². The molecule has 1 unspecified atom stereocenters. The largest absolute Gasteiger partial charge is 0.384 e. The number of hydrogen-bond donors (Lipinski definition) is 2. The number of nitrogens with zero attached hydrogens (tertiary/aromatic N) is 1. The van der Waals surface area contributed by atoms with Gasteiger partial charge in [-0.3, -0.25) is 4.79 Å². The fourth-order valence-corrected chi connectivity index (χ4v) is 2.47. The highest BCUT2D eigenvalue weighted by Crippen LogP contribution is 2.14. The summed E-state index contributed by atoms with van der Waals surface area (Å²) < 4.78 is 13.3. The average Bonchev–Trinajstić information content (AvgIpc) is 2.89. The Morgan fingerprint density at radius 2 is 2.38 bits per heavy atom. The van der Waals surface area contributed by atoms with Gasteiger partial charge in [0.05, 0.1) is 5.56 Å². The number of benzene rings is 1. The van der Waals surface area contributed by atoms with Crippen molar-refractivity contribution in [2.75, 3.05) is 33.3 Å². The second-order valence-electron chi connectivity index (χ2n) is 5.28. The maximum Gasteiger partial charge on any atom is 0.252 e. The molecule has 0 bridgehead atoms. The van der Waals surface area contributed by atoms with Gasteiger partial charge in [-0.1, -0.05) is 11.8 Å². The molecule has 2 rings (SSSR count). The fraction of sp³-hybridized carbons (Fsp3) is 0.438. The van der Waals surface area contributed by atoms with E-state index in [1.54, 1.807) is 0 Å². The number of carbonyl (C=O) groups is 1. The predicted molar refractivity (Wildman–Crippen MR) is 78.3 cm³/mol. The third-order valence-corrected chi connectivity index (χ3v) is 3.57. The summed E-state index contributed by atoms with van der Waals surface area (Å²) in [7, 11) is 2.05. The second-order valence-corrected chi connectivity index (χ2v) is 5.28. The first-order valence-corrected chi connectivity index (χ1v) is 6.96. The van der Waals surface area contributed by atoms with Crippen LogP contribution in [0.1, 0.15) is 22.3 Å². The molecule has 1 saturated heterocycles. The van der Waals surface area contributed by atoms with Gasteiger partial charge in [-0.15, -0.1) is 0 Å². The lowest BCUT2D eigenvalue weighted by Gasteiger charge is -2.12. The molecule has 0 aliphatic carbocycles. The summed E-state index contributed by atoms with van der Waals surface area (Å²) in [6, 6.07) is 3.89. The minimum atomic E-state index is -0.477.